The van der Waals surface area contributed by atoms with Crippen molar-refractivity contribution in [1.29, 1.82) is 0 Å². The molecule has 3 aromatic rings. The number of aromatic nitrogens is 3. The van der Waals surface area contributed by atoms with Crippen molar-refractivity contribution in [2.45, 2.75) is 18.8 Å². The minimum atomic E-state index is 0.115. The van der Waals surface area contributed by atoms with E-state index in [2.05, 4.69) is 11.0 Å². The fraction of sp³-hybridized carbons (Fsp3) is 0.450. The average Bonchev–Trinajstić information content (AvgIpc) is 3.43. The SMILES string of the molecule is O=C(c1ccsc1)N1CCC[C@H](c2nc3ccc(N4CCOCC4)cn3n2)C1. The van der Waals surface area contributed by atoms with E-state index in [0.29, 0.717) is 6.54 Å². The highest BCUT2D eigenvalue weighted by atomic mass is 32.1. The molecular weight excluding hydrogens is 374 g/mol. The number of anilines is 1. The normalized spacial score (nSPS) is 20.6. The number of carbonyl (C=O) groups is 1. The number of rotatable bonds is 3. The number of fused-ring (bicyclic) bond motifs is 1. The van der Waals surface area contributed by atoms with Crippen LogP contribution in [0.25, 0.3) is 5.65 Å². The third-order valence-electron chi connectivity index (χ3n) is 5.55. The number of carbonyl (C=O) groups excluding carboxylic acids is 1. The Bertz CT molecular complexity index is 964. The van der Waals surface area contributed by atoms with Gasteiger partial charge >= 0.3 is 0 Å². The molecule has 0 saturated carbocycles. The van der Waals surface area contributed by atoms with Crippen LogP contribution < -0.4 is 4.90 Å². The van der Waals surface area contributed by atoms with Gasteiger partial charge in [0.2, 0.25) is 0 Å². The summed E-state index contributed by atoms with van der Waals surface area (Å²) >= 11 is 1.56. The molecule has 7 nitrogen and oxygen atoms in total. The molecule has 1 amide bonds. The number of amides is 1. The molecule has 0 unspecified atom stereocenters. The van der Waals surface area contributed by atoms with E-state index in [4.69, 9.17) is 14.8 Å². The summed E-state index contributed by atoms with van der Waals surface area (Å²) in [7, 11) is 0. The first kappa shape index (κ1) is 17.6. The van der Waals surface area contributed by atoms with Crippen LogP contribution in [0.5, 0.6) is 0 Å². The second-order valence-electron chi connectivity index (χ2n) is 7.36. The van der Waals surface area contributed by atoms with Gasteiger partial charge in [-0.2, -0.15) is 16.4 Å². The zero-order valence-corrected chi connectivity index (χ0v) is 16.5. The van der Waals surface area contributed by atoms with Gasteiger partial charge in [0, 0.05) is 37.5 Å². The number of piperidine rings is 1. The third-order valence-corrected chi connectivity index (χ3v) is 6.23. The maximum Gasteiger partial charge on any atom is 0.254 e. The van der Waals surface area contributed by atoms with Crippen LogP contribution in [0.15, 0.2) is 35.2 Å². The monoisotopic (exact) mass is 397 g/mol. The second kappa shape index (κ2) is 7.52. The summed E-state index contributed by atoms with van der Waals surface area (Å²) in [5.41, 5.74) is 2.78. The van der Waals surface area contributed by atoms with Crippen molar-refractivity contribution in [3.63, 3.8) is 0 Å². The molecule has 5 heterocycles. The van der Waals surface area contributed by atoms with Crippen molar-refractivity contribution in [2.24, 2.45) is 0 Å². The molecule has 0 bridgehead atoms. The Hall–Kier alpha value is -2.45. The van der Waals surface area contributed by atoms with E-state index in [-0.39, 0.29) is 11.8 Å². The van der Waals surface area contributed by atoms with Crippen molar-refractivity contribution in [2.75, 3.05) is 44.3 Å². The summed E-state index contributed by atoms with van der Waals surface area (Å²) < 4.78 is 7.32. The van der Waals surface area contributed by atoms with Crippen LogP contribution in [0.1, 0.15) is 34.9 Å². The lowest BCUT2D eigenvalue weighted by molar-refractivity contribution is 0.0705. The fourth-order valence-corrected chi connectivity index (χ4v) is 4.64. The molecule has 0 aliphatic carbocycles. The highest BCUT2D eigenvalue weighted by molar-refractivity contribution is 7.08. The van der Waals surface area contributed by atoms with Gasteiger partial charge in [0.1, 0.15) is 0 Å². The van der Waals surface area contributed by atoms with Crippen molar-refractivity contribution >= 4 is 28.6 Å². The van der Waals surface area contributed by atoms with E-state index in [1.54, 1.807) is 11.3 Å². The van der Waals surface area contributed by atoms with Crippen LogP contribution >= 0.6 is 11.3 Å². The fourth-order valence-electron chi connectivity index (χ4n) is 4.01. The maximum atomic E-state index is 12.7. The first-order chi connectivity index (χ1) is 13.8. The highest BCUT2D eigenvalue weighted by Crippen LogP contribution is 2.27. The van der Waals surface area contributed by atoms with E-state index < -0.39 is 0 Å². The first-order valence-corrected chi connectivity index (χ1v) is 10.7. The lowest BCUT2D eigenvalue weighted by Crippen LogP contribution is -2.39. The van der Waals surface area contributed by atoms with Gasteiger partial charge in [0.25, 0.3) is 5.91 Å². The summed E-state index contributed by atoms with van der Waals surface area (Å²) in [5, 5.41) is 8.63. The van der Waals surface area contributed by atoms with Gasteiger partial charge < -0.3 is 14.5 Å². The molecule has 0 N–H and O–H groups in total. The number of hydrogen-bond acceptors (Lipinski definition) is 6. The van der Waals surface area contributed by atoms with E-state index in [0.717, 1.165) is 68.4 Å². The summed E-state index contributed by atoms with van der Waals surface area (Å²) in [6.07, 6.45) is 4.05. The largest absolute Gasteiger partial charge is 0.378 e. The van der Waals surface area contributed by atoms with Gasteiger partial charge in [-0.25, -0.2) is 9.50 Å². The smallest absolute Gasteiger partial charge is 0.254 e. The molecule has 3 aromatic heterocycles. The topological polar surface area (TPSA) is 63.0 Å². The number of morpholine rings is 1. The molecule has 2 saturated heterocycles. The van der Waals surface area contributed by atoms with Crippen LogP contribution in [-0.2, 0) is 4.74 Å². The standard InChI is InChI=1S/C20H23N5O2S/c26-20(16-5-11-28-14-16)24-6-1-2-15(12-24)19-21-18-4-3-17(13-25(18)22-19)23-7-9-27-10-8-23/h3-5,11,13-15H,1-2,6-10,12H2/t15-/m0/s1. The van der Waals surface area contributed by atoms with Crippen LogP contribution in [0.4, 0.5) is 5.69 Å². The van der Waals surface area contributed by atoms with Gasteiger partial charge in [0.15, 0.2) is 11.5 Å². The van der Waals surface area contributed by atoms with Crippen LogP contribution in [0.3, 0.4) is 0 Å². The number of ether oxygens (including phenoxy) is 1. The number of thiophene rings is 1. The lowest BCUT2D eigenvalue weighted by atomic mass is 9.97. The van der Waals surface area contributed by atoms with Gasteiger partial charge in [-0.15, -0.1) is 0 Å². The van der Waals surface area contributed by atoms with E-state index in [1.807, 2.05) is 38.5 Å². The predicted octanol–water partition coefficient (Wildman–Crippen LogP) is 2.65. The van der Waals surface area contributed by atoms with Gasteiger partial charge in [-0.05, 0) is 36.4 Å². The Morgan fingerprint density at radius 3 is 2.89 bits per heavy atom. The Kier molecular flexibility index (Phi) is 4.74. The quantitative estimate of drug-likeness (QED) is 0.680. The maximum absolute atomic E-state index is 12.7. The third kappa shape index (κ3) is 3.38. The van der Waals surface area contributed by atoms with Crippen molar-refractivity contribution in [3.05, 3.63) is 46.5 Å². The summed E-state index contributed by atoms with van der Waals surface area (Å²) in [6, 6.07) is 6.03. The van der Waals surface area contributed by atoms with Gasteiger partial charge in [-0.1, -0.05) is 0 Å². The molecule has 0 aromatic carbocycles. The van der Waals surface area contributed by atoms with Gasteiger partial charge in [0.05, 0.1) is 30.7 Å². The van der Waals surface area contributed by atoms with E-state index >= 15 is 0 Å². The zero-order chi connectivity index (χ0) is 18.9. The minimum absolute atomic E-state index is 0.115. The van der Waals surface area contributed by atoms with Crippen LogP contribution in [0, 0.1) is 0 Å². The summed E-state index contributed by atoms with van der Waals surface area (Å²) in [5.74, 6) is 1.13. The highest BCUT2D eigenvalue weighted by Gasteiger charge is 2.28. The lowest BCUT2D eigenvalue weighted by Gasteiger charge is -2.31. The van der Waals surface area contributed by atoms with Crippen molar-refractivity contribution in [1.82, 2.24) is 19.5 Å². The van der Waals surface area contributed by atoms with Crippen molar-refractivity contribution < 1.29 is 9.53 Å². The first-order valence-electron chi connectivity index (χ1n) is 9.78. The molecule has 0 radical (unpaired) electrons. The number of hydrogen-bond donors (Lipinski definition) is 0. The van der Waals surface area contributed by atoms with Crippen LogP contribution in [-0.4, -0.2) is 64.8 Å². The molecule has 28 heavy (non-hydrogen) atoms. The molecule has 2 aliphatic rings. The predicted molar refractivity (Wildman–Crippen MR) is 108 cm³/mol. The zero-order valence-electron chi connectivity index (χ0n) is 15.7. The molecule has 5 rings (SSSR count). The van der Waals surface area contributed by atoms with E-state index in [1.165, 1.54) is 0 Å². The Morgan fingerprint density at radius 2 is 2.07 bits per heavy atom. The van der Waals surface area contributed by atoms with Crippen LogP contribution in [0.2, 0.25) is 0 Å². The second-order valence-corrected chi connectivity index (χ2v) is 8.14. The Balaban J connectivity index is 1.35. The molecule has 2 fully saturated rings. The Labute approximate surface area is 167 Å². The molecule has 1 atom stereocenters. The molecule has 146 valence electrons. The Morgan fingerprint density at radius 1 is 1.18 bits per heavy atom. The van der Waals surface area contributed by atoms with E-state index in [9.17, 15) is 4.79 Å². The number of pyridine rings is 1. The van der Waals surface area contributed by atoms with Crippen molar-refractivity contribution in [3.8, 4) is 0 Å². The molecule has 0 spiro atoms. The minimum Gasteiger partial charge on any atom is -0.378 e. The number of likely N-dealkylation sites (tertiary alicyclic amines) is 1. The molecule has 2 aliphatic heterocycles. The number of nitrogens with zero attached hydrogens (tertiary/aromatic N) is 5. The molecule has 8 heteroatoms. The summed E-state index contributed by atoms with van der Waals surface area (Å²) in [6.45, 7) is 4.81. The van der Waals surface area contributed by atoms with Gasteiger partial charge in [-0.3, -0.25) is 4.79 Å². The summed E-state index contributed by atoms with van der Waals surface area (Å²) in [4.78, 5) is 21.7. The molecular formula is C20H23N5O2S. The average molecular weight is 398 g/mol.